The number of benzene rings is 3. The first-order valence-corrected chi connectivity index (χ1v) is 13.0. The van der Waals surface area contributed by atoms with E-state index in [-0.39, 0.29) is 0 Å². The standard InChI is InChI=1S/C34H22N4/c1-19-17-37-29-8-6-23(15-27(29)25-10-12-35-31(19)33(25)37)21-4-3-5-22(14-21)24-7-9-30-28(16-24)26-11-13-36-32-20(2)18-38(30)34(26)32/h3-18H,1-2H3. The van der Waals surface area contributed by atoms with Gasteiger partial charge in [0.05, 0.1) is 33.1 Å². The van der Waals surface area contributed by atoms with Crippen molar-refractivity contribution >= 4 is 54.6 Å². The molecule has 0 amide bonds. The summed E-state index contributed by atoms with van der Waals surface area (Å²) in [6, 6.07) is 26.8. The van der Waals surface area contributed by atoms with Gasteiger partial charge >= 0.3 is 0 Å². The van der Waals surface area contributed by atoms with Crippen LogP contribution in [0.4, 0.5) is 0 Å². The Kier molecular flexibility index (Phi) is 3.64. The van der Waals surface area contributed by atoms with Crippen molar-refractivity contribution in [1.29, 1.82) is 0 Å². The van der Waals surface area contributed by atoms with Crippen LogP contribution in [0.5, 0.6) is 0 Å². The SMILES string of the molecule is Cc1cn2c3ccc(-c4cccc(-c5ccc6c(c5)c5ccnc7c(C)cn6c75)c4)cc3c3ccnc1c32. The van der Waals surface area contributed by atoms with Gasteiger partial charge in [-0.2, -0.15) is 0 Å². The molecule has 0 aliphatic heterocycles. The van der Waals surface area contributed by atoms with E-state index in [2.05, 4.69) is 118 Å². The van der Waals surface area contributed by atoms with Crippen LogP contribution < -0.4 is 0 Å². The number of aromatic nitrogens is 4. The number of nitrogens with zero attached hydrogens (tertiary/aromatic N) is 4. The van der Waals surface area contributed by atoms with E-state index >= 15 is 0 Å². The molecule has 0 atom stereocenters. The summed E-state index contributed by atoms with van der Waals surface area (Å²) in [5.74, 6) is 0. The number of fused-ring (bicyclic) bond motifs is 6. The van der Waals surface area contributed by atoms with Crippen LogP contribution in [0, 0.1) is 13.8 Å². The Hall–Kier alpha value is -4.96. The third-order valence-corrected chi connectivity index (χ3v) is 8.34. The molecule has 0 radical (unpaired) electrons. The highest BCUT2D eigenvalue weighted by Gasteiger charge is 2.17. The molecule has 0 N–H and O–H groups in total. The van der Waals surface area contributed by atoms with Crippen LogP contribution in [0.25, 0.3) is 76.9 Å². The van der Waals surface area contributed by atoms with Gasteiger partial charge in [-0.1, -0.05) is 30.3 Å². The summed E-state index contributed by atoms with van der Waals surface area (Å²) < 4.78 is 4.58. The summed E-state index contributed by atoms with van der Waals surface area (Å²) in [6.07, 6.45) is 8.27. The third kappa shape index (κ3) is 2.44. The fraction of sp³-hybridized carbons (Fsp3) is 0.0588. The van der Waals surface area contributed by atoms with Gasteiger partial charge in [0, 0.05) is 46.3 Å². The van der Waals surface area contributed by atoms with Gasteiger partial charge in [-0.05, 0) is 89.7 Å². The third-order valence-electron chi connectivity index (χ3n) is 8.34. The first-order chi connectivity index (χ1) is 18.7. The summed E-state index contributed by atoms with van der Waals surface area (Å²) in [4.78, 5) is 9.27. The molecule has 4 nitrogen and oxygen atoms in total. The molecule has 9 aromatic rings. The maximum atomic E-state index is 4.64. The van der Waals surface area contributed by atoms with Gasteiger partial charge in [0.1, 0.15) is 0 Å². The van der Waals surface area contributed by atoms with Crippen molar-refractivity contribution in [3.8, 4) is 22.3 Å². The number of pyridine rings is 2. The van der Waals surface area contributed by atoms with Crippen molar-refractivity contribution in [2.75, 3.05) is 0 Å². The van der Waals surface area contributed by atoms with Crippen LogP contribution >= 0.6 is 0 Å². The molecule has 3 aromatic carbocycles. The minimum absolute atomic E-state index is 1.09. The predicted octanol–water partition coefficient (Wildman–Crippen LogP) is 8.42. The van der Waals surface area contributed by atoms with E-state index in [1.54, 1.807) is 0 Å². The molecule has 38 heavy (non-hydrogen) atoms. The number of rotatable bonds is 2. The Morgan fingerprint density at radius 1 is 0.500 bits per heavy atom. The summed E-state index contributed by atoms with van der Waals surface area (Å²) >= 11 is 0. The minimum Gasteiger partial charge on any atom is -0.314 e. The number of hydrogen-bond acceptors (Lipinski definition) is 2. The molecular formula is C34H22N4. The van der Waals surface area contributed by atoms with Crippen LogP contribution in [0.2, 0.25) is 0 Å². The van der Waals surface area contributed by atoms with Crippen molar-refractivity contribution in [1.82, 2.24) is 18.8 Å². The average molecular weight is 487 g/mol. The lowest BCUT2D eigenvalue weighted by Gasteiger charge is -2.08. The fourth-order valence-corrected chi connectivity index (χ4v) is 6.59. The highest BCUT2D eigenvalue weighted by Crippen LogP contribution is 2.38. The van der Waals surface area contributed by atoms with Crippen LogP contribution in [0.3, 0.4) is 0 Å². The van der Waals surface area contributed by atoms with E-state index in [0.717, 1.165) is 11.0 Å². The molecule has 6 heterocycles. The smallest absolute Gasteiger partial charge is 0.0920 e. The number of aryl methyl sites for hydroxylation is 2. The van der Waals surface area contributed by atoms with E-state index in [9.17, 15) is 0 Å². The van der Waals surface area contributed by atoms with E-state index < -0.39 is 0 Å². The number of hydrogen-bond donors (Lipinski definition) is 0. The Morgan fingerprint density at radius 2 is 0.974 bits per heavy atom. The van der Waals surface area contributed by atoms with Crippen molar-refractivity contribution in [2.45, 2.75) is 13.8 Å². The maximum absolute atomic E-state index is 4.64. The Balaban J connectivity index is 1.21. The average Bonchev–Trinajstić information content (AvgIpc) is 3.67. The quantitative estimate of drug-likeness (QED) is 0.246. The van der Waals surface area contributed by atoms with E-state index in [1.165, 1.54) is 77.0 Å². The monoisotopic (exact) mass is 486 g/mol. The zero-order valence-electron chi connectivity index (χ0n) is 21.0. The van der Waals surface area contributed by atoms with Crippen molar-refractivity contribution in [3.63, 3.8) is 0 Å². The predicted molar refractivity (Wildman–Crippen MR) is 157 cm³/mol. The molecule has 0 unspecified atom stereocenters. The summed E-state index contributed by atoms with van der Waals surface area (Å²) in [5.41, 5.74) is 14.4. The molecule has 6 aromatic heterocycles. The molecule has 0 bridgehead atoms. The van der Waals surface area contributed by atoms with Gasteiger partial charge in [-0.15, -0.1) is 0 Å². The van der Waals surface area contributed by atoms with Crippen LogP contribution in [0.15, 0.2) is 97.6 Å². The molecule has 4 heteroatoms. The molecular weight excluding hydrogens is 464 g/mol. The van der Waals surface area contributed by atoms with Crippen molar-refractivity contribution < 1.29 is 0 Å². The molecule has 0 saturated carbocycles. The van der Waals surface area contributed by atoms with Crippen molar-refractivity contribution in [2.24, 2.45) is 0 Å². The van der Waals surface area contributed by atoms with E-state index in [1.807, 2.05) is 12.4 Å². The van der Waals surface area contributed by atoms with Gasteiger partial charge in [-0.25, -0.2) is 0 Å². The highest BCUT2D eigenvalue weighted by molar-refractivity contribution is 6.16. The second kappa shape index (κ2) is 6.87. The first-order valence-electron chi connectivity index (χ1n) is 13.0. The fourth-order valence-electron chi connectivity index (χ4n) is 6.59. The van der Waals surface area contributed by atoms with Gasteiger partial charge in [0.15, 0.2) is 0 Å². The summed E-state index contributed by atoms with van der Waals surface area (Å²) in [6.45, 7) is 4.27. The van der Waals surface area contributed by atoms with Crippen molar-refractivity contribution in [3.05, 3.63) is 109 Å². The molecule has 0 aliphatic rings. The van der Waals surface area contributed by atoms with Gasteiger partial charge < -0.3 is 8.80 Å². The summed E-state index contributed by atoms with van der Waals surface area (Å²) in [7, 11) is 0. The maximum Gasteiger partial charge on any atom is 0.0920 e. The van der Waals surface area contributed by atoms with Gasteiger partial charge in [0.25, 0.3) is 0 Å². The molecule has 178 valence electrons. The first kappa shape index (κ1) is 20.1. The minimum atomic E-state index is 1.09. The molecule has 0 aliphatic carbocycles. The Labute approximate surface area is 218 Å². The second-order valence-electron chi connectivity index (χ2n) is 10.5. The van der Waals surface area contributed by atoms with Crippen LogP contribution in [-0.2, 0) is 0 Å². The van der Waals surface area contributed by atoms with Crippen LogP contribution in [-0.4, -0.2) is 18.8 Å². The lowest BCUT2D eigenvalue weighted by atomic mass is 9.97. The Bertz CT molecular complexity index is 2210. The van der Waals surface area contributed by atoms with Gasteiger partial charge in [-0.3, -0.25) is 9.97 Å². The van der Waals surface area contributed by atoms with E-state index in [0.29, 0.717) is 0 Å². The normalized spacial score (nSPS) is 12.5. The Morgan fingerprint density at radius 3 is 1.47 bits per heavy atom. The largest absolute Gasteiger partial charge is 0.314 e. The topological polar surface area (TPSA) is 34.6 Å². The second-order valence-corrected chi connectivity index (χ2v) is 10.5. The molecule has 0 spiro atoms. The zero-order valence-corrected chi connectivity index (χ0v) is 21.0. The lowest BCUT2D eigenvalue weighted by molar-refractivity contribution is 1.28. The van der Waals surface area contributed by atoms with E-state index in [4.69, 9.17) is 0 Å². The highest BCUT2D eigenvalue weighted by atomic mass is 14.9. The zero-order chi connectivity index (χ0) is 25.1. The van der Waals surface area contributed by atoms with Crippen LogP contribution in [0.1, 0.15) is 11.1 Å². The molecule has 9 rings (SSSR count). The molecule has 0 fully saturated rings. The summed E-state index contributed by atoms with van der Waals surface area (Å²) in [5, 5.41) is 5.06. The van der Waals surface area contributed by atoms with Gasteiger partial charge in [0.2, 0.25) is 0 Å². The molecule has 0 saturated heterocycles. The lowest BCUT2D eigenvalue weighted by Crippen LogP contribution is -1.84.